The Bertz CT molecular complexity index is 7140. The summed E-state index contributed by atoms with van der Waals surface area (Å²) >= 11 is 0.733. The number of anilines is 5. The summed E-state index contributed by atoms with van der Waals surface area (Å²) in [6.45, 7) is 5.83. The number of phenols is 1. The maximum atomic E-state index is 15.1. The van der Waals surface area contributed by atoms with Crippen molar-refractivity contribution in [3.63, 3.8) is 0 Å². The SMILES string of the molecule is C/C(=C(\F)C(=O)Nc1ccc(-c2ccccc2S(=O)ON)cc1I)c1cc(C(=N)N)ccc1O.C/C(=C(\F)C(=O)Nc1ccc(-c2ccccc2S(=O)ON)cc1I)c1ccc2ccnc(N)c2c1.C/C(=C(\F)C(=O)Nc1ccc(-c2ccccc2S(=O)ON)cc1I)c1cccc(/C(N)=N/O)c1.C/C(=C(\F)C(=O)Nc1ccc(-c2ccccc2S(=O)ON)cc1I)c1cccc(C(=N)N)c1. The molecule has 4 amide bonds. The molecular weight excluding hydrogens is 2290 g/mol. The zero-order valence-corrected chi connectivity index (χ0v) is 83.3. The van der Waals surface area contributed by atoms with Gasteiger partial charge in [-0.25, -0.2) is 39.4 Å². The molecular formula is C94H80F4I4N16O14S4. The van der Waals surface area contributed by atoms with E-state index in [9.17, 15) is 54.3 Å². The molecule has 13 rings (SSSR count). The largest absolute Gasteiger partial charge is 0.507 e. The first kappa shape index (κ1) is 106. The number of aromatic hydroxyl groups is 1. The van der Waals surface area contributed by atoms with Crippen molar-refractivity contribution in [3.05, 3.63) is 344 Å². The van der Waals surface area contributed by atoms with E-state index in [-0.39, 0.29) is 56.7 Å². The second kappa shape index (κ2) is 49.4. The minimum atomic E-state index is -1.85. The number of halogens is 8. The standard InChI is InChI=1S/C25H20FIN4O3S.2C23H20FIN4O4S.C23H20FIN4O3S/c1-14(16-7-6-15-10-11-30-24(28)19(15)12-16)23(26)25(32)31-21-9-8-17(13-20(21)27)18-4-2-3-5-22(18)35(33)34-29;1-13(14-5-4-6-16(11-14)22(26)29-31)21(24)23(30)28-19-10-9-15(12-18(19)25)17-7-2-3-8-20(17)34(32)33-27;1-12(16-10-14(22(26)27)7-9-19(16)30)21(24)23(31)29-18-8-6-13(11-17(18)25)15-4-2-3-5-20(15)34(32)33-28;1-13(14-5-4-6-16(11-14)22(26)27)21(24)23(30)29-19-10-9-15(12-18(19)25)17-7-2-3-8-20(17)33(31)32-28/h2-13H,29H2,1H3,(H2,28,30)(H,31,32);2-12,31H,27H2,1H3,(H2,26,29)(H,28,30);2-11,30H,28H2,1H3,(H3,26,27)(H,29,31);2-12H,28H2,1H3,(H3,26,27)(H,29,30)/b23-14+;21-13+;21-12+;21-13+. The minimum Gasteiger partial charge on any atom is -0.507 e. The lowest BCUT2D eigenvalue weighted by Crippen LogP contribution is -2.15. The molecule has 1 aromatic heterocycles. The average molecular weight is 2370 g/mol. The first-order valence-corrected chi connectivity index (χ1v) is 47.8. The number of nitrogens with one attached hydrogen (secondary N) is 6. The second-order valence-corrected chi connectivity index (χ2v) is 37.6. The smallest absolute Gasteiger partial charge is 0.284 e. The molecule has 4 unspecified atom stereocenters. The summed E-state index contributed by atoms with van der Waals surface area (Å²) in [4.78, 5) is 56.1. The van der Waals surface area contributed by atoms with Gasteiger partial charge in [-0.05, 0) is 294 Å². The first-order chi connectivity index (χ1) is 64.9. The molecule has 0 spiro atoms. The van der Waals surface area contributed by atoms with E-state index in [1.807, 2.05) is 96.4 Å². The molecule has 12 aromatic carbocycles. The van der Waals surface area contributed by atoms with Crippen LogP contribution >= 0.6 is 90.4 Å². The van der Waals surface area contributed by atoms with Crippen LogP contribution in [-0.4, -0.2) is 73.3 Å². The molecule has 0 saturated heterocycles. The molecule has 0 saturated carbocycles. The number of amidine groups is 3. The number of benzene rings is 12. The highest BCUT2D eigenvalue weighted by atomic mass is 127. The summed E-state index contributed by atoms with van der Waals surface area (Å²) in [6, 6.07) is 72.0. The highest BCUT2D eigenvalue weighted by Gasteiger charge is 2.25. The Morgan fingerprint density at radius 1 is 0.375 bits per heavy atom. The van der Waals surface area contributed by atoms with E-state index in [1.54, 1.807) is 237 Å². The number of rotatable bonds is 27. The van der Waals surface area contributed by atoms with Crippen molar-refractivity contribution in [3.8, 4) is 50.3 Å². The maximum Gasteiger partial charge on any atom is 0.284 e. The monoisotopic (exact) mass is 2370 g/mol. The van der Waals surface area contributed by atoms with Gasteiger partial charge in [0.25, 0.3) is 23.6 Å². The molecule has 30 nitrogen and oxygen atoms in total. The summed E-state index contributed by atoms with van der Waals surface area (Å²) in [5.41, 5.74) is 32.4. The third-order valence-corrected chi connectivity index (χ3v) is 27.2. The summed E-state index contributed by atoms with van der Waals surface area (Å²) in [7, 11) is 0. The predicted octanol–water partition coefficient (Wildman–Crippen LogP) is 18.3. The number of hydrogen-bond donors (Lipinski definition) is 16. The van der Waals surface area contributed by atoms with Crippen LogP contribution in [0.25, 0.3) is 77.6 Å². The molecule has 1 heterocycles. The van der Waals surface area contributed by atoms with Crippen molar-refractivity contribution >= 4 is 237 Å². The molecule has 0 aliphatic rings. The molecule has 136 heavy (non-hydrogen) atoms. The number of allylic oxidation sites excluding steroid dienone is 4. The Labute approximate surface area is 840 Å². The molecule has 42 heteroatoms. The lowest BCUT2D eigenvalue weighted by atomic mass is 10.0. The topological polar surface area (TPSA) is 543 Å². The first-order valence-electron chi connectivity index (χ1n) is 39.2. The summed E-state index contributed by atoms with van der Waals surface area (Å²) in [6.07, 6.45) is 1.60. The average Bonchev–Trinajstić information content (AvgIpc) is 0.816. The molecule has 700 valence electrons. The Morgan fingerprint density at radius 3 is 0.993 bits per heavy atom. The number of oxime groups is 1. The number of nitrogens with zero attached hydrogens (tertiary/aromatic N) is 2. The number of carbonyl (C=O) groups excluding carboxylic acids is 4. The lowest BCUT2D eigenvalue weighted by molar-refractivity contribution is -0.114. The van der Waals surface area contributed by atoms with Gasteiger partial charge in [0.2, 0.25) is 44.3 Å². The second-order valence-electron chi connectivity index (χ2n) is 28.5. The van der Waals surface area contributed by atoms with Crippen LogP contribution in [0.3, 0.4) is 0 Å². The van der Waals surface area contributed by atoms with Crippen LogP contribution < -0.4 is 67.8 Å². The van der Waals surface area contributed by atoms with Gasteiger partial charge in [0.05, 0.1) is 42.3 Å². The molecule has 4 atom stereocenters. The predicted molar refractivity (Wildman–Crippen MR) is 556 cm³/mol. The Morgan fingerprint density at radius 2 is 0.669 bits per heavy atom. The zero-order valence-electron chi connectivity index (χ0n) is 71.4. The molecule has 0 aliphatic heterocycles. The number of hydrogen-bond acceptors (Lipinski definition) is 23. The van der Waals surface area contributed by atoms with Crippen molar-refractivity contribution in [2.75, 3.05) is 27.0 Å². The summed E-state index contributed by atoms with van der Waals surface area (Å²) < 4.78 is 129. The molecule has 0 radical (unpaired) electrons. The van der Waals surface area contributed by atoms with Gasteiger partial charge >= 0.3 is 0 Å². The van der Waals surface area contributed by atoms with Gasteiger partial charge in [-0.2, -0.15) is 40.7 Å². The molecule has 24 N–H and O–H groups in total. The van der Waals surface area contributed by atoms with Gasteiger partial charge in [0, 0.05) is 75.9 Å². The van der Waals surface area contributed by atoms with E-state index in [0.717, 1.165) is 22.1 Å². The zero-order chi connectivity index (χ0) is 99.1. The molecule has 0 bridgehead atoms. The van der Waals surface area contributed by atoms with Crippen LogP contribution in [0.5, 0.6) is 5.75 Å². The quantitative estimate of drug-likeness (QED) is 0.00432. The number of amides is 4. The van der Waals surface area contributed by atoms with Crippen LogP contribution in [-0.2, 0) is 80.6 Å². The third-order valence-electron chi connectivity index (χ3n) is 20.1. The normalized spacial score (nSPS) is 12.8. The third kappa shape index (κ3) is 26.7. The van der Waals surface area contributed by atoms with Crippen LogP contribution in [0.15, 0.2) is 315 Å². The lowest BCUT2D eigenvalue weighted by Gasteiger charge is -2.12. The van der Waals surface area contributed by atoms with Gasteiger partial charge in [0.1, 0.15) is 23.2 Å². The Kier molecular flexibility index (Phi) is 38.4. The number of aromatic nitrogens is 1. The minimum absolute atomic E-state index is 0.0529. The fourth-order valence-electron chi connectivity index (χ4n) is 13.0. The van der Waals surface area contributed by atoms with E-state index in [0.29, 0.717) is 123 Å². The maximum absolute atomic E-state index is 15.1. The fourth-order valence-corrected chi connectivity index (χ4v) is 18.2. The fraction of sp³-hybridized carbons (Fsp3) is 0.0426. The summed E-state index contributed by atoms with van der Waals surface area (Å²) in [5.74, 6) is 12.2. The van der Waals surface area contributed by atoms with Crippen LogP contribution in [0.1, 0.15) is 66.6 Å². The number of carbonyl (C=O) groups is 4. The Hall–Kier alpha value is -12.4. The number of nitrogen functional groups attached to an aromatic ring is 3. The van der Waals surface area contributed by atoms with Gasteiger partial charge < -0.3 is 54.5 Å². The van der Waals surface area contributed by atoms with Crippen LogP contribution in [0.4, 0.5) is 46.1 Å². The number of fused-ring (bicyclic) bond motifs is 1. The molecule has 0 fully saturated rings. The highest BCUT2D eigenvalue weighted by Crippen LogP contribution is 2.39. The summed E-state index contributed by atoms with van der Waals surface area (Å²) in [5, 5.41) is 48.7. The van der Waals surface area contributed by atoms with Crippen molar-refractivity contribution in [1.82, 2.24) is 4.98 Å². The molecule has 13 aromatic rings. The van der Waals surface area contributed by atoms with Crippen molar-refractivity contribution in [2.45, 2.75) is 47.3 Å². The van der Waals surface area contributed by atoms with E-state index < -0.39 is 91.3 Å². The van der Waals surface area contributed by atoms with Gasteiger partial charge in [-0.3, -0.25) is 30.0 Å². The van der Waals surface area contributed by atoms with Gasteiger partial charge in [-0.1, -0.05) is 151 Å². The van der Waals surface area contributed by atoms with Crippen molar-refractivity contribution in [1.29, 1.82) is 10.8 Å². The van der Waals surface area contributed by atoms with Crippen molar-refractivity contribution in [2.24, 2.45) is 45.9 Å². The van der Waals surface area contributed by atoms with Crippen LogP contribution in [0.2, 0.25) is 0 Å². The number of pyridine rings is 1. The van der Waals surface area contributed by atoms with E-state index in [2.05, 4.69) is 48.5 Å². The number of phenolic OH excluding ortho intramolecular Hbond substituents is 1. The van der Waals surface area contributed by atoms with E-state index in [4.69, 9.17) is 62.5 Å². The number of nitrogens with two attached hydrogens (primary N) is 8. The van der Waals surface area contributed by atoms with Crippen LogP contribution in [0, 0.1) is 25.1 Å². The van der Waals surface area contributed by atoms with Gasteiger partial charge in [0.15, 0.2) is 29.1 Å². The van der Waals surface area contributed by atoms with Gasteiger partial charge in [-0.15, -0.1) is 0 Å². The van der Waals surface area contributed by atoms with E-state index in [1.165, 1.54) is 52.0 Å². The van der Waals surface area contributed by atoms with E-state index >= 15 is 4.39 Å². The Balaban J connectivity index is 0.000000187. The molecule has 0 aliphatic carbocycles. The van der Waals surface area contributed by atoms with Crippen molar-refractivity contribution < 1.29 is 81.0 Å². The highest BCUT2D eigenvalue weighted by molar-refractivity contribution is 14.1.